The van der Waals surface area contributed by atoms with Crippen LogP contribution in [0.4, 0.5) is 0 Å². The van der Waals surface area contributed by atoms with Crippen molar-refractivity contribution in [1.29, 1.82) is 0 Å². The maximum atomic E-state index is 12.3. The van der Waals surface area contributed by atoms with Crippen LogP contribution in [0.1, 0.15) is 48.3 Å². The number of carbonyl (C=O) groups excluding carboxylic acids is 1. The standard InChI is InChI=1S/C17H22N4O/c1-13-16(17(22)18-12-11-14-7-5-6-8-14)20-21(19-13)15-9-3-2-4-10-15/h2-4,9-10,14H,5-8,11-12H2,1H3,(H,18,22). The summed E-state index contributed by atoms with van der Waals surface area (Å²) in [6, 6.07) is 9.63. The molecule has 0 aliphatic heterocycles. The lowest BCUT2D eigenvalue weighted by Crippen LogP contribution is -2.26. The van der Waals surface area contributed by atoms with E-state index in [1.54, 1.807) is 0 Å². The van der Waals surface area contributed by atoms with E-state index >= 15 is 0 Å². The van der Waals surface area contributed by atoms with Gasteiger partial charge < -0.3 is 5.32 Å². The predicted octanol–water partition coefficient (Wildman–Crippen LogP) is 2.89. The van der Waals surface area contributed by atoms with Crippen molar-refractivity contribution in [2.75, 3.05) is 6.54 Å². The Morgan fingerprint density at radius 3 is 2.68 bits per heavy atom. The van der Waals surface area contributed by atoms with Gasteiger partial charge in [-0.2, -0.15) is 9.90 Å². The number of nitrogens with one attached hydrogen (secondary N) is 1. The zero-order valence-corrected chi connectivity index (χ0v) is 13.0. The second-order valence-corrected chi connectivity index (χ2v) is 5.95. The van der Waals surface area contributed by atoms with Crippen molar-refractivity contribution in [3.05, 3.63) is 41.7 Å². The first-order valence-electron chi connectivity index (χ1n) is 8.01. The molecule has 1 saturated carbocycles. The van der Waals surface area contributed by atoms with Gasteiger partial charge in [-0.3, -0.25) is 4.79 Å². The number of aryl methyl sites for hydroxylation is 1. The maximum Gasteiger partial charge on any atom is 0.273 e. The van der Waals surface area contributed by atoms with E-state index in [-0.39, 0.29) is 5.91 Å². The van der Waals surface area contributed by atoms with Crippen LogP contribution in [0.2, 0.25) is 0 Å². The largest absolute Gasteiger partial charge is 0.351 e. The Labute approximate surface area is 130 Å². The molecule has 0 atom stereocenters. The third kappa shape index (κ3) is 3.35. The highest BCUT2D eigenvalue weighted by Gasteiger charge is 2.18. The number of para-hydroxylation sites is 1. The first-order chi connectivity index (χ1) is 10.7. The summed E-state index contributed by atoms with van der Waals surface area (Å²) in [6.45, 7) is 2.54. The van der Waals surface area contributed by atoms with E-state index in [2.05, 4.69) is 15.5 Å². The first-order valence-corrected chi connectivity index (χ1v) is 8.01. The molecule has 5 nitrogen and oxygen atoms in total. The summed E-state index contributed by atoms with van der Waals surface area (Å²) in [6.07, 6.45) is 6.35. The van der Waals surface area contributed by atoms with Crippen molar-refractivity contribution >= 4 is 5.91 Å². The summed E-state index contributed by atoms with van der Waals surface area (Å²) < 4.78 is 0. The molecule has 1 aliphatic carbocycles. The molecule has 1 fully saturated rings. The van der Waals surface area contributed by atoms with Crippen molar-refractivity contribution in [2.24, 2.45) is 5.92 Å². The maximum absolute atomic E-state index is 12.3. The minimum Gasteiger partial charge on any atom is -0.351 e. The van der Waals surface area contributed by atoms with E-state index in [1.165, 1.54) is 30.5 Å². The Morgan fingerprint density at radius 2 is 1.95 bits per heavy atom. The third-order valence-electron chi connectivity index (χ3n) is 4.30. The molecule has 0 saturated heterocycles. The molecule has 5 heteroatoms. The number of amides is 1. The lowest BCUT2D eigenvalue weighted by molar-refractivity contribution is 0.0945. The molecule has 0 radical (unpaired) electrons. The molecule has 1 aromatic carbocycles. The zero-order valence-electron chi connectivity index (χ0n) is 13.0. The van der Waals surface area contributed by atoms with Crippen LogP contribution in [0, 0.1) is 12.8 Å². The molecule has 22 heavy (non-hydrogen) atoms. The van der Waals surface area contributed by atoms with Gasteiger partial charge in [0.05, 0.1) is 11.4 Å². The Hall–Kier alpha value is -2.17. The number of hydrogen-bond acceptors (Lipinski definition) is 3. The van der Waals surface area contributed by atoms with Crippen molar-refractivity contribution in [3.8, 4) is 5.69 Å². The summed E-state index contributed by atoms with van der Waals surface area (Å²) in [5, 5.41) is 11.6. The topological polar surface area (TPSA) is 59.8 Å². The normalized spacial score (nSPS) is 15.1. The summed E-state index contributed by atoms with van der Waals surface area (Å²) in [5.41, 5.74) is 1.92. The Bertz CT molecular complexity index is 629. The highest BCUT2D eigenvalue weighted by Crippen LogP contribution is 2.26. The van der Waals surface area contributed by atoms with Gasteiger partial charge in [-0.05, 0) is 31.4 Å². The third-order valence-corrected chi connectivity index (χ3v) is 4.30. The Kier molecular flexibility index (Phi) is 4.51. The zero-order chi connectivity index (χ0) is 15.4. The van der Waals surface area contributed by atoms with Crippen LogP contribution >= 0.6 is 0 Å². The van der Waals surface area contributed by atoms with E-state index in [0.29, 0.717) is 11.4 Å². The van der Waals surface area contributed by atoms with Gasteiger partial charge in [0.15, 0.2) is 5.69 Å². The quantitative estimate of drug-likeness (QED) is 0.923. The minimum absolute atomic E-state index is 0.127. The lowest BCUT2D eigenvalue weighted by Gasteiger charge is -2.08. The van der Waals surface area contributed by atoms with Crippen molar-refractivity contribution in [2.45, 2.75) is 39.0 Å². The fourth-order valence-corrected chi connectivity index (χ4v) is 3.04. The highest BCUT2D eigenvalue weighted by molar-refractivity contribution is 5.93. The number of carbonyl (C=O) groups is 1. The molecular weight excluding hydrogens is 276 g/mol. The van der Waals surface area contributed by atoms with Gasteiger partial charge in [-0.1, -0.05) is 43.9 Å². The summed E-state index contributed by atoms with van der Waals surface area (Å²) in [4.78, 5) is 13.8. The van der Waals surface area contributed by atoms with Gasteiger partial charge in [0.25, 0.3) is 5.91 Å². The number of aromatic nitrogens is 3. The molecular formula is C17H22N4O. The fraction of sp³-hybridized carbons (Fsp3) is 0.471. The molecule has 1 aromatic heterocycles. The first kappa shape index (κ1) is 14.8. The Morgan fingerprint density at radius 1 is 1.23 bits per heavy atom. The summed E-state index contributed by atoms with van der Waals surface area (Å²) in [5.74, 6) is 0.652. The highest BCUT2D eigenvalue weighted by atomic mass is 16.2. The van der Waals surface area contributed by atoms with Crippen molar-refractivity contribution in [1.82, 2.24) is 20.3 Å². The van der Waals surface area contributed by atoms with Crippen LogP contribution in [0.5, 0.6) is 0 Å². The van der Waals surface area contributed by atoms with Gasteiger partial charge in [-0.25, -0.2) is 0 Å². The number of hydrogen-bond donors (Lipinski definition) is 1. The molecule has 3 rings (SSSR count). The van der Waals surface area contributed by atoms with Crippen LogP contribution in [-0.2, 0) is 0 Å². The molecule has 1 N–H and O–H groups in total. The van der Waals surface area contributed by atoms with Gasteiger partial charge in [-0.15, -0.1) is 5.10 Å². The van der Waals surface area contributed by atoms with Crippen LogP contribution in [0.25, 0.3) is 5.69 Å². The van der Waals surface area contributed by atoms with Gasteiger partial charge in [0, 0.05) is 6.54 Å². The average molecular weight is 298 g/mol. The van der Waals surface area contributed by atoms with Crippen LogP contribution in [-0.4, -0.2) is 27.4 Å². The summed E-state index contributed by atoms with van der Waals surface area (Å²) in [7, 11) is 0. The fourth-order valence-electron chi connectivity index (χ4n) is 3.04. The van der Waals surface area contributed by atoms with Crippen LogP contribution in [0.3, 0.4) is 0 Å². The smallest absolute Gasteiger partial charge is 0.273 e. The van der Waals surface area contributed by atoms with E-state index in [0.717, 1.165) is 24.6 Å². The van der Waals surface area contributed by atoms with Gasteiger partial charge >= 0.3 is 0 Å². The Balaban J connectivity index is 1.61. The van der Waals surface area contributed by atoms with Crippen LogP contribution < -0.4 is 5.32 Å². The molecule has 0 unspecified atom stereocenters. The monoisotopic (exact) mass is 298 g/mol. The van der Waals surface area contributed by atoms with Gasteiger partial charge in [0.1, 0.15) is 0 Å². The van der Waals surface area contributed by atoms with Crippen LogP contribution in [0.15, 0.2) is 30.3 Å². The second kappa shape index (κ2) is 6.73. The SMILES string of the molecule is Cc1nn(-c2ccccc2)nc1C(=O)NCCC1CCCC1. The van der Waals surface area contributed by atoms with E-state index < -0.39 is 0 Å². The molecule has 1 heterocycles. The van der Waals surface area contributed by atoms with Gasteiger partial charge in [0.2, 0.25) is 0 Å². The van der Waals surface area contributed by atoms with E-state index in [4.69, 9.17) is 0 Å². The molecule has 1 amide bonds. The lowest BCUT2D eigenvalue weighted by atomic mass is 10.0. The van der Waals surface area contributed by atoms with Crippen molar-refractivity contribution < 1.29 is 4.79 Å². The number of rotatable bonds is 5. The molecule has 1 aliphatic rings. The minimum atomic E-state index is -0.127. The molecule has 0 bridgehead atoms. The number of nitrogens with zero attached hydrogens (tertiary/aromatic N) is 3. The second-order valence-electron chi connectivity index (χ2n) is 5.95. The molecule has 0 spiro atoms. The van der Waals surface area contributed by atoms with Crippen molar-refractivity contribution in [3.63, 3.8) is 0 Å². The average Bonchev–Trinajstić information content (AvgIpc) is 3.17. The predicted molar refractivity (Wildman–Crippen MR) is 85.0 cm³/mol. The molecule has 2 aromatic rings. The molecule has 116 valence electrons. The number of benzene rings is 1. The summed E-state index contributed by atoms with van der Waals surface area (Å²) >= 11 is 0. The van der Waals surface area contributed by atoms with E-state index in [1.807, 2.05) is 37.3 Å². The van der Waals surface area contributed by atoms with E-state index in [9.17, 15) is 4.79 Å².